The highest BCUT2D eigenvalue weighted by atomic mass is 19.4. The van der Waals surface area contributed by atoms with E-state index in [1.807, 2.05) is 23.7 Å². The number of nitrogens with zero attached hydrogens (tertiary/aromatic N) is 5. The normalized spacial score (nSPS) is 13.5. The van der Waals surface area contributed by atoms with E-state index in [2.05, 4.69) is 15.3 Å². The molecule has 1 amide bonds. The Hall–Kier alpha value is -3.22. The van der Waals surface area contributed by atoms with E-state index in [4.69, 9.17) is 19.4 Å². The molecule has 0 saturated carbocycles. The van der Waals surface area contributed by atoms with Gasteiger partial charge in [0, 0.05) is 25.9 Å². The molecule has 1 aliphatic rings. The van der Waals surface area contributed by atoms with Gasteiger partial charge in [-0.1, -0.05) is 5.21 Å². The zero-order valence-electron chi connectivity index (χ0n) is 16.7. The van der Waals surface area contributed by atoms with Gasteiger partial charge in [0.05, 0.1) is 18.4 Å². The fourth-order valence-electron chi connectivity index (χ4n) is 2.58. The minimum Gasteiger partial charge on any atom is -0.486 e. The van der Waals surface area contributed by atoms with E-state index in [1.165, 1.54) is 0 Å². The van der Waals surface area contributed by atoms with E-state index in [9.17, 15) is 18.0 Å². The number of carbonyl (C=O) groups excluding carboxylic acids is 1. The lowest BCUT2D eigenvalue weighted by molar-refractivity contribution is -0.192. The molecule has 1 aliphatic heterocycles. The predicted octanol–water partition coefficient (Wildman–Crippen LogP) is 1.65. The van der Waals surface area contributed by atoms with Crippen molar-refractivity contribution in [2.75, 3.05) is 19.8 Å². The van der Waals surface area contributed by atoms with Crippen LogP contribution in [0.2, 0.25) is 0 Å². The molecule has 13 heteroatoms. The molecular formula is C18H22F3N5O5. The molecule has 0 fully saturated rings. The molecule has 0 spiro atoms. The molecule has 0 bridgehead atoms. The zero-order valence-corrected chi connectivity index (χ0v) is 16.7. The van der Waals surface area contributed by atoms with Gasteiger partial charge in [-0.25, -0.2) is 9.48 Å². The summed E-state index contributed by atoms with van der Waals surface area (Å²) in [6, 6.07) is 3.66. The van der Waals surface area contributed by atoms with Crippen LogP contribution in [-0.2, 0) is 34.0 Å². The van der Waals surface area contributed by atoms with Gasteiger partial charge in [0.25, 0.3) is 0 Å². The number of carboxylic acids is 1. The summed E-state index contributed by atoms with van der Waals surface area (Å²) >= 11 is 0. The van der Waals surface area contributed by atoms with Gasteiger partial charge in [-0.2, -0.15) is 13.2 Å². The molecule has 10 nitrogen and oxygen atoms in total. The molecule has 2 aromatic rings. The first kappa shape index (κ1) is 24.1. The van der Waals surface area contributed by atoms with Crippen molar-refractivity contribution >= 4 is 11.9 Å². The van der Waals surface area contributed by atoms with E-state index in [-0.39, 0.29) is 12.5 Å². The van der Waals surface area contributed by atoms with Crippen molar-refractivity contribution in [3.05, 3.63) is 35.9 Å². The molecule has 31 heavy (non-hydrogen) atoms. The number of aryl methyl sites for hydroxylation is 1. The summed E-state index contributed by atoms with van der Waals surface area (Å²) in [7, 11) is 0. The van der Waals surface area contributed by atoms with Crippen molar-refractivity contribution < 1.29 is 37.3 Å². The lowest BCUT2D eigenvalue weighted by Crippen LogP contribution is -2.34. The largest absolute Gasteiger partial charge is 0.490 e. The second-order valence-electron chi connectivity index (χ2n) is 6.29. The Morgan fingerprint density at radius 3 is 2.65 bits per heavy atom. The van der Waals surface area contributed by atoms with Crippen LogP contribution in [0.1, 0.15) is 24.7 Å². The molecule has 0 aliphatic carbocycles. The highest BCUT2D eigenvalue weighted by Crippen LogP contribution is 2.17. The number of halogens is 3. The molecule has 0 radical (unpaired) electrons. The SMILES string of the molecule is CCOCC(=O)N1CCCn2nnc(COc3cccnc3)c2C1.O=C(O)C(F)(F)F. The Kier molecular flexibility index (Phi) is 8.73. The van der Waals surface area contributed by atoms with E-state index in [1.54, 1.807) is 17.3 Å². The van der Waals surface area contributed by atoms with Crippen LogP contribution >= 0.6 is 0 Å². The average Bonchev–Trinajstić information content (AvgIpc) is 2.98. The van der Waals surface area contributed by atoms with Crippen molar-refractivity contribution in [3.8, 4) is 5.75 Å². The molecule has 170 valence electrons. The summed E-state index contributed by atoms with van der Waals surface area (Å²) < 4.78 is 44.5. The van der Waals surface area contributed by atoms with Gasteiger partial charge >= 0.3 is 12.1 Å². The van der Waals surface area contributed by atoms with Crippen LogP contribution in [0.15, 0.2) is 24.5 Å². The predicted molar refractivity (Wildman–Crippen MR) is 98.8 cm³/mol. The fraction of sp³-hybridized carbons (Fsp3) is 0.500. The Bertz CT molecular complexity index is 860. The van der Waals surface area contributed by atoms with Crippen LogP contribution in [0.4, 0.5) is 13.2 Å². The highest BCUT2D eigenvalue weighted by Gasteiger charge is 2.38. The number of rotatable bonds is 6. The minimum absolute atomic E-state index is 0.00868. The molecule has 0 unspecified atom stereocenters. The number of hydrogen-bond donors (Lipinski definition) is 1. The van der Waals surface area contributed by atoms with Gasteiger partial charge in [0.1, 0.15) is 24.7 Å². The number of fused-ring (bicyclic) bond motifs is 1. The summed E-state index contributed by atoms with van der Waals surface area (Å²) in [5.74, 6) is -2.09. The lowest BCUT2D eigenvalue weighted by Gasteiger charge is -2.20. The van der Waals surface area contributed by atoms with Crippen LogP contribution in [-0.4, -0.2) is 67.8 Å². The third-order valence-corrected chi connectivity index (χ3v) is 4.09. The van der Waals surface area contributed by atoms with Gasteiger partial charge in [0.2, 0.25) is 5.91 Å². The van der Waals surface area contributed by atoms with Gasteiger partial charge in [0.15, 0.2) is 0 Å². The van der Waals surface area contributed by atoms with Crippen LogP contribution in [0.3, 0.4) is 0 Å². The Morgan fingerprint density at radius 1 is 1.29 bits per heavy atom. The quantitative estimate of drug-likeness (QED) is 0.713. The first-order valence-corrected chi connectivity index (χ1v) is 9.32. The highest BCUT2D eigenvalue weighted by molar-refractivity contribution is 5.77. The third-order valence-electron chi connectivity index (χ3n) is 4.09. The number of ether oxygens (including phenoxy) is 2. The molecule has 2 aromatic heterocycles. The number of carbonyl (C=O) groups is 2. The molecule has 1 N–H and O–H groups in total. The molecule has 3 rings (SSSR count). The Labute approximate surface area is 175 Å². The molecular weight excluding hydrogens is 423 g/mol. The maximum absolute atomic E-state index is 12.2. The number of alkyl halides is 3. The van der Waals surface area contributed by atoms with Crippen molar-refractivity contribution in [1.82, 2.24) is 24.9 Å². The van der Waals surface area contributed by atoms with E-state index >= 15 is 0 Å². The zero-order chi connectivity index (χ0) is 22.9. The van der Waals surface area contributed by atoms with Crippen molar-refractivity contribution in [2.24, 2.45) is 0 Å². The maximum Gasteiger partial charge on any atom is 0.490 e. The summed E-state index contributed by atoms with van der Waals surface area (Å²) in [5.41, 5.74) is 1.66. The van der Waals surface area contributed by atoms with Crippen molar-refractivity contribution in [1.29, 1.82) is 0 Å². The third kappa shape index (κ3) is 7.51. The van der Waals surface area contributed by atoms with Crippen LogP contribution in [0.25, 0.3) is 0 Å². The topological polar surface area (TPSA) is 120 Å². The van der Waals surface area contributed by atoms with Gasteiger partial charge in [-0.15, -0.1) is 5.10 Å². The fourth-order valence-corrected chi connectivity index (χ4v) is 2.58. The summed E-state index contributed by atoms with van der Waals surface area (Å²) in [6.07, 6.45) is -0.893. The number of aliphatic carboxylic acids is 1. The van der Waals surface area contributed by atoms with E-state index < -0.39 is 12.1 Å². The number of hydrogen-bond acceptors (Lipinski definition) is 7. The van der Waals surface area contributed by atoms with Gasteiger partial charge in [-0.3, -0.25) is 9.78 Å². The van der Waals surface area contributed by atoms with Crippen LogP contribution in [0, 0.1) is 0 Å². The number of pyridine rings is 1. The second-order valence-corrected chi connectivity index (χ2v) is 6.29. The lowest BCUT2D eigenvalue weighted by atomic mass is 10.3. The van der Waals surface area contributed by atoms with Gasteiger partial charge in [-0.05, 0) is 25.5 Å². The first-order valence-electron chi connectivity index (χ1n) is 9.32. The maximum atomic E-state index is 12.2. The Balaban J connectivity index is 0.000000423. The molecule has 3 heterocycles. The number of aromatic nitrogens is 4. The Morgan fingerprint density at radius 2 is 2.03 bits per heavy atom. The van der Waals surface area contributed by atoms with E-state index in [0.29, 0.717) is 32.1 Å². The van der Waals surface area contributed by atoms with Crippen molar-refractivity contribution in [2.45, 2.75) is 39.2 Å². The average molecular weight is 445 g/mol. The summed E-state index contributed by atoms with van der Waals surface area (Å²) in [5, 5.41) is 15.5. The minimum atomic E-state index is -5.08. The second kappa shape index (κ2) is 11.2. The van der Waals surface area contributed by atoms with E-state index in [0.717, 1.165) is 24.4 Å². The summed E-state index contributed by atoms with van der Waals surface area (Å²) in [4.78, 5) is 27.0. The number of amides is 1. The standard InChI is InChI=1S/C16H21N5O3.C2HF3O2/c1-2-23-12-16(22)20-7-4-8-21-15(10-20)14(18-19-21)11-24-13-5-3-6-17-9-13;3-2(4,5)1(6)7/h3,5-6,9H,2,4,7-8,10-12H2,1H3;(H,6,7). The van der Waals surface area contributed by atoms with Crippen molar-refractivity contribution in [3.63, 3.8) is 0 Å². The van der Waals surface area contributed by atoms with Gasteiger partial charge < -0.3 is 19.5 Å². The number of carboxylic acid groups (broad SMARTS) is 1. The summed E-state index contributed by atoms with van der Waals surface area (Å²) in [6.45, 7) is 4.73. The monoisotopic (exact) mass is 445 g/mol. The van der Waals surface area contributed by atoms with Crippen LogP contribution < -0.4 is 4.74 Å². The molecule has 0 saturated heterocycles. The molecule has 0 aromatic carbocycles. The smallest absolute Gasteiger partial charge is 0.486 e. The molecule has 0 atom stereocenters. The first-order chi connectivity index (χ1) is 14.7. The van der Waals surface area contributed by atoms with Crippen LogP contribution in [0.5, 0.6) is 5.75 Å².